The van der Waals surface area contributed by atoms with Crippen LogP contribution in [0.2, 0.25) is 0 Å². The summed E-state index contributed by atoms with van der Waals surface area (Å²) >= 11 is 0. The predicted octanol–water partition coefficient (Wildman–Crippen LogP) is 12.3. The van der Waals surface area contributed by atoms with Gasteiger partial charge in [0, 0.05) is 46.2 Å². The van der Waals surface area contributed by atoms with Gasteiger partial charge in [0.2, 0.25) is 5.78 Å². The van der Waals surface area contributed by atoms with Crippen molar-refractivity contribution in [2.24, 2.45) is 0 Å². The van der Waals surface area contributed by atoms with Crippen molar-refractivity contribution in [3.8, 4) is 50.5 Å². The maximum Gasteiger partial charge on any atom is 0.234 e. The van der Waals surface area contributed by atoms with E-state index in [4.69, 9.17) is 4.98 Å². The maximum absolute atomic E-state index is 4.80. The van der Waals surface area contributed by atoms with Crippen LogP contribution in [0, 0.1) is 0 Å². The van der Waals surface area contributed by atoms with Crippen LogP contribution in [0.3, 0.4) is 0 Å². The first-order valence-corrected chi connectivity index (χ1v) is 18.2. The van der Waals surface area contributed by atoms with E-state index in [0.717, 1.165) is 11.3 Å². The van der Waals surface area contributed by atoms with Crippen LogP contribution in [-0.4, -0.2) is 18.9 Å². The van der Waals surface area contributed by atoms with Crippen LogP contribution >= 0.6 is 0 Å². The molecule has 4 nitrogen and oxygen atoms in total. The summed E-state index contributed by atoms with van der Waals surface area (Å²) in [7, 11) is 0. The summed E-state index contributed by atoms with van der Waals surface area (Å²) in [5.74, 6) is 0.701. The molecule has 0 N–H and O–H groups in total. The number of nitrogens with zero attached hydrogens (tertiary/aromatic N) is 4. The molecule has 1 aliphatic rings. The number of hydrogen-bond acceptors (Lipinski definition) is 2. The Bertz CT molecular complexity index is 3040. The second-order valence-corrected chi connectivity index (χ2v) is 14.7. The number of fused-ring (bicyclic) bond motifs is 9. The molecule has 250 valence electrons. The number of hydrogen-bond donors (Lipinski definition) is 0. The molecule has 0 spiro atoms. The number of aromatic nitrogens is 4. The first-order valence-electron chi connectivity index (χ1n) is 18.2. The van der Waals surface area contributed by atoms with Gasteiger partial charge in [-0.05, 0) is 85.3 Å². The standard InChI is InChI=1S/C49H34N4/c1-49(2)41-17-10-9-16-38(41)39-23-20-35(29-42(39)49)53-44-25-24-37-36-21-19-34(43-30-52-27-11-26-50-48(52)51-43)28-33(36)18-22-40(37)46(44)45(31-12-5-3-6-13-31)47(53)32-14-7-4-8-15-32/h3-30H,1-2H3. The van der Waals surface area contributed by atoms with E-state index in [9.17, 15) is 0 Å². The van der Waals surface area contributed by atoms with Crippen molar-refractivity contribution in [2.75, 3.05) is 0 Å². The molecule has 0 unspecified atom stereocenters. The summed E-state index contributed by atoms with van der Waals surface area (Å²) in [4.78, 5) is 9.23. The first-order chi connectivity index (χ1) is 26.0. The predicted molar refractivity (Wildman–Crippen MR) is 219 cm³/mol. The quantitative estimate of drug-likeness (QED) is 0.174. The Morgan fingerprint density at radius 2 is 1.30 bits per heavy atom. The van der Waals surface area contributed by atoms with Gasteiger partial charge in [0.15, 0.2) is 0 Å². The smallest absolute Gasteiger partial charge is 0.234 e. The van der Waals surface area contributed by atoms with Crippen LogP contribution in [0.15, 0.2) is 170 Å². The van der Waals surface area contributed by atoms with Crippen molar-refractivity contribution in [1.82, 2.24) is 18.9 Å². The zero-order chi connectivity index (χ0) is 35.3. The fourth-order valence-electron chi connectivity index (χ4n) is 8.92. The highest BCUT2D eigenvalue weighted by molar-refractivity contribution is 6.23. The van der Waals surface area contributed by atoms with Crippen molar-refractivity contribution in [3.05, 3.63) is 181 Å². The van der Waals surface area contributed by atoms with Crippen molar-refractivity contribution in [3.63, 3.8) is 0 Å². The average molecular weight is 679 g/mol. The maximum atomic E-state index is 4.80. The molecule has 0 atom stereocenters. The van der Waals surface area contributed by atoms with Gasteiger partial charge in [-0.3, -0.25) is 4.40 Å². The van der Waals surface area contributed by atoms with E-state index < -0.39 is 0 Å². The Balaban J connectivity index is 1.20. The molecule has 3 heterocycles. The third kappa shape index (κ3) is 4.36. The summed E-state index contributed by atoms with van der Waals surface area (Å²) in [5.41, 5.74) is 14.5. The van der Waals surface area contributed by atoms with Gasteiger partial charge in [-0.2, -0.15) is 0 Å². The molecule has 3 aromatic heterocycles. The number of rotatable bonds is 4. The van der Waals surface area contributed by atoms with Crippen LogP contribution in [-0.2, 0) is 5.41 Å². The third-order valence-corrected chi connectivity index (χ3v) is 11.4. The summed E-state index contributed by atoms with van der Waals surface area (Å²) < 4.78 is 4.48. The van der Waals surface area contributed by atoms with E-state index in [1.807, 2.05) is 22.9 Å². The minimum atomic E-state index is -0.107. The molecule has 0 fully saturated rings. The lowest BCUT2D eigenvalue weighted by Gasteiger charge is -2.22. The van der Waals surface area contributed by atoms with Crippen molar-refractivity contribution in [1.29, 1.82) is 0 Å². The molecule has 53 heavy (non-hydrogen) atoms. The monoisotopic (exact) mass is 678 g/mol. The first kappa shape index (κ1) is 29.9. The van der Waals surface area contributed by atoms with E-state index in [1.54, 1.807) is 6.20 Å². The van der Waals surface area contributed by atoms with Gasteiger partial charge >= 0.3 is 0 Å². The van der Waals surface area contributed by atoms with Crippen molar-refractivity contribution in [2.45, 2.75) is 19.3 Å². The lowest BCUT2D eigenvalue weighted by Crippen LogP contribution is -2.15. The van der Waals surface area contributed by atoms with Crippen LogP contribution in [0.5, 0.6) is 0 Å². The number of benzene rings is 7. The Morgan fingerprint density at radius 3 is 2.13 bits per heavy atom. The van der Waals surface area contributed by atoms with Crippen LogP contribution in [0.4, 0.5) is 0 Å². The topological polar surface area (TPSA) is 35.1 Å². The highest BCUT2D eigenvalue weighted by Gasteiger charge is 2.36. The van der Waals surface area contributed by atoms with E-state index in [0.29, 0.717) is 5.78 Å². The summed E-state index contributed by atoms with van der Waals surface area (Å²) in [6.07, 6.45) is 5.82. The Hall–Kier alpha value is -6.78. The highest BCUT2D eigenvalue weighted by Crippen LogP contribution is 2.51. The largest absolute Gasteiger partial charge is 0.309 e. The molecule has 7 aromatic carbocycles. The molecule has 0 radical (unpaired) electrons. The highest BCUT2D eigenvalue weighted by atomic mass is 15.1. The molecule has 1 aliphatic carbocycles. The zero-order valence-electron chi connectivity index (χ0n) is 29.5. The summed E-state index contributed by atoms with van der Waals surface area (Å²) in [5, 5.41) is 6.14. The minimum absolute atomic E-state index is 0.107. The average Bonchev–Trinajstić information content (AvgIpc) is 3.87. The number of imidazole rings is 1. The molecule has 0 saturated heterocycles. The Labute approximate surface area is 307 Å². The van der Waals surface area contributed by atoms with Crippen LogP contribution in [0.25, 0.3) is 88.7 Å². The third-order valence-electron chi connectivity index (χ3n) is 11.4. The van der Waals surface area contributed by atoms with Crippen LogP contribution < -0.4 is 0 Å². The van der Waals surface area contributed by atoms with E-state index in [-0.39, 0.29) is 5.41 Å². The normalized spacial score (nSPS) is 13.2. The molecule has 0 saturated carbocycles. The summed E-state index contributed by atoms with van der Waals surface area (Å²) in [6.45, 7) is 4.72. The van der Waals surface area contributed by atoms with Gasteiger partial charge in [-0.15, -0.1) is 0 Å². The van der Waals surface area contributed by atoms with Gasteiger partial charge in [0.1, 0.15) is 0 Å². The fourth-order valence-corrected chi connectivity index (χ4v) is 8.92. The van der Waals surface area contributed by atoms with E-state index >= 15 is 0 Å². The molecule has 10 aromatic rings. The van der Waals surface area contributed by atoms with Gasteiger partial charge in [-0.1, -0.05) is 135 Å². The molecular weight excluding hydrogens is 645 g/mol. The van der Waals surface area contributed by atoms with Gasteiger partial charge in [0.25, 0.3) is 0 Å². The van der Waals surface area contributed by atoms with Gasteiger partial charge < -0.3 is 4.57 Å². The molecule has 0 amide bonds. The lowest BCUT2D eigenvalue weighted by molar-refractivity contribution is 0.660. The molecule has 11 rings (SSSR count). The van der Waals surface area contributed by atoms with Crippen molar-refractivity contribution < 1.29 is 0 Å². The Morgan fingerprint density at radius 1 is 0.566 bits per heavy atom. The molecule has 4 heteroatoms. The van der Waals surface area contributed by atoms with E-state index in [1.165, 1.54) is 82.8 Å². The minimum Gasteiger partial charge on any atom is -0.309 e. The SMILES string of the molecule is CC1(C)c2ccccc2-c2ccc(-n3c(-c4ccccc4)c(-c4ccccc4)c4c5ccc6cc(-c7cn8cccnc8n7)ccc6c5ccc43)cc21. The van der Waals surface area contributed by atoms with Crippen LogP contribution in [0.1, 0.15) is 25.0 Å². The second kappa shape index (κ2) is 11.1. The fraction of sp³-hybridized carbons (Fsp3) is 0.0612. The summed E-state index contributed by atoms with van der Waals surface area (Å²) in [6, 6.07) is 55.7. The van der Waals surface area contributed by atoms with Crippen molar-refractivity contribution >= 4 is 38.2 Å². The molecular formula is C49H34N4. The zero-order valence-corrected chi connectivity index (χ0v) is 29.5. The molecule has 0 aliphatic heterocycles. The van der Waals surface area contributed by atoms with Gasteiger partial charge in [-0.25, -0.2) is 9.97 Å². The lowest BCUT2D eigenvalue weighted by atomic mass is 9.82. The molecule has 0 bridgehead atoms. The Kier molecular flexibility index (Phi) is 6.27. The second-order valence-electron chi connectivity index (χ2n) is 14.7. The van der Waals surface area contributed by atoms with Gasteiger partial charge in [0.05, 0.1) is 16.9 Å². The van der Waals surface area contributed by atoms with E-state index in [2.05, 4.69) is 169 Å².